The van der Waals surface area contributed by atoms with E-state index < -0.39 is 0 Å². The highest BCUT2D eigenvalue weighted by Gasteiger charge is 2.12. The lowest BCUT2D eigenvalue weighted by atomic mass is 10.1. The fraction of sp³-hybridized carbons (Fsp3) is 0.824. The normalized spacial score (nSPS) is 16.8. The van der Waals surface area contributed by atoms with E-state index in [4.69, 9.17) is 4.74 Å². The number of ether oxygens (including phenoxy) is 1. The van der Waals surface area contributed by atoms with Crippen molar-refractivity contribution < 1.29 is 4.74 Å². The Kier molecular flexibility index (Phi) is 8.59. The Bertz CT molecular complexity index is 479. The summed E-state index contributed by atoms with van der Waals surface area (Å²) in [7, 11) is 1.79. The maximum absolute atomic E-state index is 5.99. The quantitative estimate of drug-likeness (QED) is 0.327. The lowest BCUT2D eigenvalue weighted by Gasteiger charge is -2.17. The van der Waals surface area contributed by atoms with E-state index in [1.54, 1.807) is 13.4 Å². The highest BCUT2D eigenvalue weighted by molar-refractivity contribution is 5.79. The molecular formula is C17H32N6O. The number of aromatic nitrogens is 3. The first-order valence-electron chi connectivity index (χ1n) is 9.26. The van der Waals surface area contributed by atoms with Crippen molar-refractivity contribution in [2.45, 2.75) is 64.5 Å². The fourth-order valence-electron chi connectivity index (χ4n) is 3.06. The molecule has 24 heavy (non-hydrogen) atoms. The van der Waals surface area contributed by atoms with Crippen molar-refractivity contribution in [2.24, 2.45) is 4.99 Å². The molecule has 7 heteroatoms. The summed E-state index contributed by atoms with van der Waals surface area (Å²) in [6.45, 7) is 5.21. The second-order valence-electron chi connectivity index (χ2n) is 6.20. The van der Waals surface area contributed by atoms with E-state index in [0.29, 0.717) is 6.10 Å². The first-order chi connectivity index (χ1) is 11.8. The number of guanidine groups is 1. The summed E-state index contributed by atoms with van der Waals surface area (Å²) in [6.07, 6.45) is 10.9. The minimum absolute atomic E-state index is 0.450. The molecule has 0 saturated heterocycles. The van der Waals surface area contributed by atoms with E-state index >= 15 is 0 Å². The molecule has 1 aromatic rings. The molecule has 0 unspecified atom stereocenters. The van der Waals surface area contributed by atoms with E-state index in [1.165, 1.54) is 38.5 Å². The van der Waals surface area contributed by atoms with Gasteiger partial charge < -0.3 is 19.9 Å². The van der Waals surface area contributed by atoms with Crippen molar-refractivity contribution in [3.8, 4) is 0 Å². The van der Waals surface area contributed by atoms with E-state index in [-0.39, 0.29) is 0 Å². The maximum atomic E-state index is 5.99. The third kappa shape index (κ3) is 6.47. The summed E-state index contributed by atoms with van der Waals surface area (Å²) < 4.78 is 8.05. The molecule has 0 spiro atoms. The van der Waals surface area contributed by atoms with Crippen LogP contribution >= 0.6 is 0 Å². The van der Waals surface area contributed by atoms with Gasteiger partial charge in [-0.25, -0.2) is 0 Å². The molecule has 1 heterocycles. The number of nitrogens with zero attached hydrogens (tertiary/aromatic N) is 4. The van der Waals surface area contributed by atoms with Gasteiger partial charge >= 0.3 is 0 Å². The van der Waals surface area contributed by atoms with E-state index in [9.17, 15) is 0 Å². The highest BCUT2D eigenvalue weighted by atomic mass is 16.5. The second-order valence-corrected chi connectivity index (χ2v) is 6.20. The summed E-state index contributed by atoms with van der Waals surface area (Å²) in [5.74, 6) is 1.82. The fourth-order valence-corrected chi connectivity index (χ4v) is 3.06. The molecule has 2 rings (SSSR count). The largest absolute Gasteiger partial charge is 0.376 e. The Morgan fingerprint density at radius 2 is 2.00 bits per heavy atom. The minimum atomic E-state index is 0.450. The van der Waals surface area contributed by atoms with Gasteiger partial charge in [-0.05, 0) is 12.8 Å². The zero-order chi connectivity index (χ0) is 17.0. The maximum Gasteiger partial charge on any atom is 0.191 e. The topological polar surface area (TPSA) is 76.4 Å². The molecule has 2 N–H and O–H groups in total. The van der Waals surface area contributed by atoms with Gasteiger partial charge in [-0.3, -0.25) is 4.99 Å². The molecule has 1 saturated carbocycles. The Balaban J connectivity index is 1.58. The predicted molar refractivity (Wildman–Crippen MR) is 96.2 cm³/mol. The van der Waals surface area contributed by atoms with Crippen LogP contribution in [0.4, 0.5) is 0 Å². The van der Waals surface area contributed by atoms with Gasteiger partial charge in [-0.2, -0.15) is 0 Å². The summed E-state index contributed by atoms with van der Waals surface area (Å²) in [5.41, 5.74) is 0. The van der Waals surface area contributed by atoms with Crippen molar-refractivity contribution in [1.29, 1.82) is 0 Å². The summed E-state index contributed by atoms with van der Waals surface area (Å²) in [5, 5.41) is 14.7. The molecule has 1 aromatic heterocycles. The molecular weight excluding hydrogens is 304 g/mol. The Hall–Kier alpha value is -1.63. The van der Waals surface area contributed by atoms with Crippen LogP contribution < -0.4 is 10.6 Å². The summed E-state index contributed by atoms with van der Waals surface area (Å²) in [6, 6.07) is 0. The molecule has 1 fully saturated rings. The van der Waals surface area contributed by atoms with Crippen LogP contribution in [0.15, 0.2) is 11.3 Å². The van der Waals surface area contributed by atoms with Gasteiger partial charge in [0.15, 0.2) is 5.96 Å². The SMILES string of the molecule is CCc1nncn1CCNC(=NC)NCCOC1CCCCCC1. The molecule has 0 amide bonds. The summed E-state index contributed by atoms with van der Waals surface area (Å²) in [4.78, 5) is 4.25. The number of hydrogen-bond acceptors (Lipinski definition) is 4. The zero-order valence-corrected chi connectivity index (χ0v) is 15.1. The Labute approximate surface area is 145 Å². The van der Waals surface area contributed by atoms with Crippen molar-refractivity contribution in [3.05, 3.63) is 12.2 Å². The van der Waals surface area contributed by atoms with E-state index in [2.05, 4.69) is 37.3 Å². The molecule has 0 bridgehead atoms. The van der Waals surface area contributed by atoms with Crippen LogP contribution in [0.1, 0.15) is 51.3 Å². The number of aliphatic imine (C=N–C) groups is 1. The van der Waals surface area contributed by atoms with E-state index in [0.717, 1.165) is 44.4 Å². The molecule has 136 valence electrons. The van der Waals surface area contributed by atoms with Gasteiger partial charge in [0.25, 0.3) is 0 Å². The third-order valence-corrected chi connectivity index (χ3v) is 4.43. The lowest BCUT2D eigenvalue weighted by molar-refractivity contribution is 0.0468. The van der Waals surface area contributed by atoms with Crippen molar-refractivity contribution >= 4 is 5.96 Å². The monoisotopic (exact) mass is 336 g/mol. The van der Waals surface area contributed by atoms with Gasteiger partial charge in [0.05, 0.1) is 12.7 Å². The van der Waals surface area contributed by atoms with Crippen LogP contribution in [0.25, 0.3) is 0 Å². The van der Waals surface area contributed by atoms with Crippen LogP contribution in [-0.4, -0.2) is 53.6 Å². The van der Waals surface area contributed by atoms with Crippen LogP contribution in [0.2, 0.25) is 0 Å². The van der Waals surface area contributed by atoms with Crippen LogP contribution in [0.5, 0.6) is 0 Å². The van der Waals surface area contributed by atoms with Gasteiger partial charge in [-0.1, -0.05) is 32.6 Å². The second kappa shape index (κ2) is 11.0. The molecule has 1 aliphatic carbocycles. The average Bonchev–Trinajstić information content (AvgIpc) is 2.90. The standard InChI is InChI=1S/C17H32N6O/c1-3-16-22-21-14-23(16)12-10-19-17(18-2)20-11-13-24-15-8-6-4-5-7-9-15/h14-15H,3-13H2,1-2H3,(H2,18,19,20). The molecule has 0 aromatic carbocycles. The number of hydrogen-bond donors (Lipinski definition) is 2. The first kappa shape index (κ1) is 18.7. The molecule has 0 atom stereocenters. The molecule has 7 nitrogen and oxygen atoms in total. The number of aryl methyl sites for hydroxylation is 1. The lowest BCUT2D eigenvalue weighted by Crippen LogP contribution is -2.40. The Morgan fingerprint density at radius 3 is 2.71 bits per heavy atom. The average molecular weight is 336 g/mol. The molecule has 0 aliphatic heterocycles. The van der Waals surface area contributed by atoms with Gasteiger partial charge in [0.2, 0.25) is 0 Å². The third-order valence-electron chi connectivity index (χ3n) is 4.43. The predicted octanol–water partition coefficient (Wildman–Crippen LogP) is 1.74. The van der Waals surface area contributed by atoms with Crippen LogP contribution in [0.3, 0.4) is 0 Å². The smallest absolute Gasteiger partial charge is 0.191 e. The zero-order valence-electron chi connectivity index (χ0n) is 15.1. The van der Waals surface area contributed by atoms with Crippen molar-refractivity contribution in [3.63, 3.8) is 0 Å². The van der Waals surface area contributed by atoms with E-state index in [1.807, 2.05) is 0 Å². The van der Waals surface area contributed by atoms with Crippen molar-refractivity contribution in [2.75, 3.05) is 26.7 Å². The van der Waals surface area contributed by atoms with Gasteiger partial charge in [0, 0.05) is 33.1 Å². The first-order valence-corrected chi connectivity index (χ1v) is 9.26. The van der Waals surface area contributed by atoms with Gasteiger partial charge in [-0.15, -0.1) is 10.2 Å². The van der Waals surface area contributed by atoms with Crippen LogP contribution in [0, 0.1) is 0 Å². The minimum Gasteiger partial charge on any atom is -0.376 e. The molecule has 0 radical (unpaired) electrons. The highest BCUT2D eigenvalue weighted by Crippen LogP contribution is 2.19. The summed E-state index contributed by atoms with van der Waals surface area (Å²) >= 11 is 0. The number of nitrogens with one attached hydrogen (secondary N) is 2. The van der Waals surface area contributed by atoms with Gasteiger partial charge in [0.1, 0.15) is 12.2 Å². The van der Waals surface area contributed by atoms with Crippen molar-refractivity contribution in [1.82, 2.24) is 25.4 Å². The van der Waals surface area contributed by atoms with Crippen LogP contribution in [-0.2, 0) is 17.7 Å². The molecule has 1 aliphatic rings. The Morgan fingerprint density at radius 1 is 1.25 bits per heavy atom. The number of rotatable bonds is 8.